The molecule has 0 radical (unpaired) electrons. The van der Waals surface area contributed by atoms with Gasteiger partial charge in [0.15, 0.2) is 5.92 Å². The third kappa shape index (κ3) is 5.00. The number of carboxylic acids is 2. The average molecular weight is 432 g/mol. The van der Waals surface area contributed by atoms with Crippen LogP contribution in [0.25, 0.3) is 0 Å². The zero-order valence-corrected chi connectivity index (χ0v) is 17.8. The van der Waals surface area contributed by atoms with Gasteiger partial charge in [-0.05, 0) is 48.2 Å². The van der Waals surface area contributed by atoms with Crippen molar-refractivity contribution in [2.75, 3.05) is 0 Å². The van der Waals surface area contributed by atoms with E-state index in [9.17, 15) is 25.0 Å². The van der Waals surface area contributed by atoms with E-state index < -0.39 is 17.9 Å². The Bertz CT molecular complexity index is 1140. The zero-order valence-electron chi connectivity index (χ0n) is 17.8. The van der Waals surface area contributed by atoms with Crippen LogP contribution in [0.2, 0.25) is 0 Å². The summed E-state index contributed by atoms with van der Waals surface area (Å²) in [4.78, 5) is 26.9. The summed E-state index contributed by atoms with van der Waals surface area (Å²) in [5, 5.41) is 31.8. The molecule has 0 bridgehead atoms. The number of benzene rings is 2. The third-order valence-electron chi connectivity index (χ3n) is 5.48. The van der Waals surface area contributed by atoms with Gasteiger partial charge in [-0.1, -0.05) is 53.7 Å². The largest absolute Gasteiger partial charge is 0.480 e. The number of carbonyl (C=O) groups is 2. The molecule has 1 aromatic heterocycles. The number of oxime groups is 1. The van der Waals surface area contributed by atoms with Crippen LogP contribution in [-0.2, 0) is 9.59 Å². The Morgan fingerprint density at radius 1 is 0.938 bits per heavy atom. The molecule has 7 heteroatoms. The molecule has 1 unspecified atom stereocenters. The van der Waals surface area contributed by atoms with Crippen LogP contribution in [-0.4, -0.2) is 38.1 Å². The van der Waals surface area contributed by atoms with Crippen molar-refractivity contribution in [3.05, 3.63) is 100 Å². The lowest BCUT2D eigenvalue weighted by atomic mass is 9.82. The molecule has 32 heavy (non-hydrogen) atoms. The lowest BCUT2D eigenvalue weighted by Crippen LogP contribution is -2.21. The van der Waals surface area contributed by atoms with E-state index in [0.717, 1.165) is 27.9 Å². The van der Waals surface area contributed by atoms with Crippen LogP contribution in [0.4, 0.5) is 0 Å². The van der Waals surface area contributed by atoms with E-state index in [4.69, 9.17) is 0 Å². The van der Waals surface area contributed by atoms with Crippen LogP contribution in [0, 0.1) is 13.8 Å². The minimum absolute atomic E-state index is 0.193. The molecule has 0 aliphatic rings. The number of nitrogens with zero attached hydrogens (tertiary/aromatic N) is 2. The molecule has 0 saturated heterocycles. The van der Waals surface area contributed by atoms with Crippen LogP contribution in [0.5, 0.6) is 0 Å². The zero-order chi connectivity index (χ0) is 23.3. The standard InChI is InChI=1S/C25H24N2O5/c1-15-5-3-4-6-20(15)21(14-22(27-32)19-11-12-26-16(2)13-19)17-7-9-18(10-8-17)23(24(28)29)25(30)31/h3-13,21,23,32H,14H2,1-2H3,(H,28,29)(H,30,31). The highest BCUT2D eigenvalue weighted by atomic mass is 16.4. The van der Waals surface area contributed by atoms with Gasteiger partial charge in [-0.3, -0.25) is 14.6 Å². The lowest BCUT2D eigenvalue weighted by molar-refractivity contribution is -0.150. The molecular weight excluding hydrogens is 408 g/mol. The van der Waals surface area contributed by atoms with Crippen molar-refractivity contribution in [3.63, 3.8) is 0 Å². The number of aryl methyl sites for hydroxylation is 2. The Morgan fingerprint density at radius 2 is 1.56 bits per heavy atom. The van der Waals surface area contributed by atoms with Gasteiger partial charge in [-0.25, -0.2) is 0 Å². The maximum absolute atomic E-state index is 11.4. The fourth-order valence-corrected chi connectivity index (χ4v) is 3.83. The van der Waals surface area contributed by atoms with Crippen molar-refractivity contribution in [1.82, 2.24) is 4.98 Å². The van der Waals surface area contributed by atoms with E-state index in [1.165, 1.54) is 12.1 Å². The summed E-state index contributed by atoms with van der Waals surface area (Å²) in [5.74, 6) is -4.65. The average Bonchev–Trinajstić information content (AvgIpc) is 2.75. The van der Waals surface area contributed by atoms with Crippen LogP contribution < -0.4 is 0 Å². The fourth-order valence-electron chi connectivity index (χ4n) is 3.83. The Balaban J connectivity index is 2.03. The second kappa shape index (κ2) is 9.87. The van der Waals surface area contributed by atoms with Gasteiger partial charge in [0.1, 0.15) is 0 Å². The SMILES string of the molecule is Cc1cc(C(CC(c2ccc(C(C(=O)O)C(=O)O)cc2)c2ccccc2C)=NO)ccn1. The topological polar surface area (TPSA) is 120 Å². The molecule has 164 valence electrons. The van der Waals surface area contributed by atoms with Gasteiger partial charge in [0.2, 0.25) is 0 Å². The summed E-state index contributed by atoms with van der Waals surface area (Å²) in [5.41, 5.74) is 5.17. The van der Waals surface area contributed by atoms with E-state index in [1.807, 2.05) is 44.2 Å². The highest BCUT2D eigenvalue weighted by Crippen LogP contribution is 2.33. The summed E-state index contributed by atoms with van der Waals surface area (Å²) in [6, 6.07) is 18.0. The fraction of sp³-hybridized carbons (Fsp3) is 0.200. The molecule has 0 aliphatic carbocycles. The van der Waals surface area contributed by atoms with Crippen molar-refractivity contribution < 1.29 is 25.0 Å². The molecule has 1 heterocycles. The monoisotopic (exact) mass is 432 g/mol. The quantitative estimate of drug-likeness (QED) is 0.211. The van der Waals surface area contributed by atoms with Crippen molar-refractivity contribution >= 4 is 17.7 Å². The summed E-state index contributed by atoms with van der Waals surface area (Å²) < 4.78 is 0. The first-order valence-corrected chi connectivity index (χ1v) is 10.1. The van der Waals surface area contributed by atoms with E-state index in [2.05, 4.69) is 10.1 Å². The molecule has 2 aromatic carbocycles. The van der Waals surface area contributed by atoms with Gasteiger partial charge < -0.3 is 15.4 Å². The van der Waals surface area contributed by atoms with E-state index in [-0.39, 0.29) is 11.5 Å². The Hall–Kier alpha value is -4.00. The van der Waals surface area contributed by atoms with E-state index >= 15 is 0 Å². The van der Waals surface area contributed by atoms with E-state index in [0.29, 0.717) is 12.1 Å². The minimum Gasteiger partial charge on any atom is -0.480 e. The lowest BCUT2D eigenvalue weighted by Gasteiger charge is -2.21. The minimum atomic E-state index is -1.63. The molecule has 0 fully saturated rings. The van der Waals surface area contributed by atoms with E-state index in [1.54, 1.807) is 24.4 Å². The highest BCUT2D eigenvalue weighted by molar-refractivity contribution is 6.01. The first-order chi connectivity index (χ1) is 15.3. The Kier molecular flexibility index (Phi) is 7.00. The molecule has 7 nitrogen and oxygen atoms in total. The third-order valence-corrected chi connectivity index (χ3v) is 5.48. The number of rotatable bonds is 8. The number of hydrogen-bond acceptors (Lipinski definition) is 5. The smallest absolute Gasteiger partial charge is 0.322 e. The van der Waals surface area contributed by atoms with Gasteiger partial charge in [0.25, 0.3) is 0 Å². The first-order valence-electron chi connectivity index (χ1n) is 10.1. The van der Waals surface area contributed by atoms with Gasteiger partial charge in [0.05, 0.1) is 5.71 Å². The summed E-state index contributed by atoms with van der Waals surface area (Å²) >= 11 is 0. The maximum Gasteiger partial charge on any atom is 0.322 e. The second-order valence-electron chi connectivity index (χ2n) is 7.62. The van der Waals surface area contributed by atoms with Crippen LogP contribution in [0.3, 0.4) is 0 Å². The number of carboxylic acid groups (broad SMARTS) is 2. The summed E-state index contributed by atoms with van der Waals surface area (Å²) in [7, 11) is 0. The number of aliphatic carboxylic acids is 2. The summed E-state index contributed by atoms with van der Waals surface area (Å²) in [6.07, 6.45) is 2.04. The maximum atomic E-state index is 11.4. The summed E-state index contributed by atoms with van der Waals surface area (Å²) in [6.45, 7) is 3.85. The van der Waals surface area contributed by atoms with Gasteiger partial charge >= 0.3 is 11.9 Å². The van der Waals surface area contributed by atoms with Crippen molar-refractivity contribution in [2.24, 2.45) is 5.16 Å². The molecule has 0 amide bonds. The van der Waals surface area contributed by atoms with Gasteiger partial charge in [-0.15, -0.1) is 0 Å². The van der Waals surface area contributed by atoms with Crippen LogP contribution in [0.1, 0.15) is 51.8 Å². The molecule has 3 aromatic rings. The molecule has 3 rings (SSSR count). The Labute approximate surface area is 185 Å². The normalized spacial score (nSPS) is 12.5. The number of aromatic nitrogens is 1. The van der Waals surface area contributed by atoms with Gasteiger partial charge in [-0.2, -0.15) is 0 Å². The number of hydrogen-bond donors (Lipinski definition) is 3. The van der Waals surface area contributed by atoms with Crippen molar-refractivity contribution in [3.8, 4) is 0 Å². The molecule has 0 saturated carbocycles. The van der Waals surface area contributed by atoms with Crippen LogP contribution in [0.15, 0.2) is 72.0 Å². The van der Waals surface area contributed by atoms with Crippen molar-refractivity contribution in [1.29, 1.82) is 0 Å². The second-order valence-corrected chi connectivity index (χ2v) is 7.62. The number of pyridine rings is 1. The first kappa shape index (κ1) is 22.7. The predicted molar refractivity (Wildman–Crippen MR) is 119 cm³/mol. The molecule has 3 N–H and O–H groups in total. The molecular formula is C25H24N2O5. The highest BCUT2D eigenvalue weighted by Gasteiger charge is 2.28. The molecule has 0 spiro atoms. The van der Waals surface area contributed by atoms with Gasteiger partial charge in [0, 0.05) is 29.8 Å². The molecule has 1 atom stereocenters. The predicted octanol–water partition coefficient (Wildman–Crippen LogP) is 4.35. The molecule has 0 aliphatic heterocycles. The van der Waals surface area contributed by atoms with Crippen LogP contribution >= 0.6 is 0 Å². The Morgan fingerprint density at radius 3 is 2.12 bits per heavy atom. The van der Waals surface area contributed by atoms with Crippen molar-refractivity contribution in [2.45, 2.75) is 32.1 Å².